The molecule has 0 spiro atoms. The molecule has 1 amide bonds. The van der Waals surface area contributed by atoms with Crippen LogP contribution in [0.4, 0.5) is 4.79 Å². The molecule has 1 atom stereocenters. The first-order chi connectivity index (χ1) is 10.3. The largest absolute Gasteiger partial charge is 0.444 e. The summed E-state index contributed by atoms with van der Waals surface area (Å²) < 4.78 is 5.40. The van der Waals surface area contributed by atoms with Crippen LogP contribution in [0.3, 0.4) is 0 Å². The predicted octanol–water partition coefficient (Wildman–Crippen LogP) is 2.83. The van der Waals surface area contributed by atoms with E-state index in [1.165, 1.54) is 4.90 Å². The number of carbonyl (C=O) groups is 2. The van der Waals surface area contributed by atoms with E-state index in [-0.39, 0.29) is 12.2 Å². The van der Waals surface area contributed by atoms with Crippen molar-refractivity contribution in [1.82, 2.24) is 4.90 Å². The number of hydrogen-bond donors (Lipinski definition) is 0. The zero-order valence-electron chi connectivity index (χ0n) is 13.1. The lowest BCUT2D eigenvalue weighted by atomic mass is 9.91. The van der Waals surface area contributed by atoms with Crippen molar-refractivity contribution >= 4 is 11.9 Å². The van der Waals surface area contributed by atoms with Gasteiger partial charge in [0.25, 0.3) is 0 Å². The Hall–Kier alpha value is -2.35. The fraction of sp³-hybridized carbons (Fsp3) is 0.471. The molecule has 0 N–H and O–H groups in total. The highest BCUT2D eigenvalue weighted by Crippen LogP contribution is 2.26. The summed E-state index contributed by atoms with van der Waals surface area (Å²) in [6.07, 6.45) is -0.291. The van der Waals surface area contributed by atoms with E-state index in [1.807, 2.05) is 30.3 Å². The number of ketones is 1. The Morgan fingerprint density at radius 3 is 2.55 bits per heavy atom. The van der Waals surface area contributed by atoms with Crippen LogP contribution in [0.1, 0.15) is 38.3 Å². The van der Waals surface area contributed by atoms with Gasteiger partial charge in [-0.1, -0.05) is 24.3 Å². The SMILES string of the molecule is CC(C)(C)OC(=O)N1Cc2ccccc2C[C@H]1C(=O)CC#N. The van der Waals surface area contributed by atoms with Gasteiger partial charge in [-0.15, -0.1) is 0 Å². The van der Waals surface area contributed by atoms with E-state index in [0.29, 0.717) is 13.0 Å². The molecular formula is C17H20N2O3. The van der Waals surface area contributed by atoms with Crippen molar-refractivity contribution < 1.29 is 14.3 Å². The molecule has 0 fully saturated rings. The van der Waals surface area contributed by atoms with Gasteiger partial charge >= 0.3 is 6.09 Å². The number of carbonyl (C=O) groups excluding carboxylic acids is 2. The Morgan fingerprint density at radius 2 is 1.95 bits per heavy atom. The van der Waals surface area contributed by atoms with Crippen LogP contribution in [-0.2, 0) is 22.5 Å². The van der Waals surface area contributed by atoms with Crippen molar-refractivity contribution in [1.29, 1.82) is 5.26 Å². The van der Waals surface area contributed by atoms with Crippen molar-refractivity contribution in [2.45, 2.75) is 51.8 Å². The number of nitrogens with zero attached hydrogens (tertiary/aromatic N) is 2. The van der Waals surface area contributed by atoms with Crippen molar-refractivity contribution in [2.75, 3.05) is 0 Å². The van der Waals surface area contributed by atoms with Gasteiger partial charge in [0.1, 0.15) is 5.60 Å². The molecule has 0 saturated heterocycles. The number of amides is 1. The number of nitriles is 1. The van der Waals surface area contributed by atoms with Crippen molar-refractivity contribution in [3.63, 3.8) is 0 Å². The molecule has 0 unspecified atom stereocenters. The van der Waals surface area contributed by atoms with Crippen LogP contribution in [-0.4, -0.2) is 28.4 Å². The Morgan fingerprint density at radius 1 is 1.32 bits per heavy atom. The van der Waals surface area contributed by atoms with E-state index < -0.39 is 17.7 Å². The first-order valence-corrected chi connectivity index (χ1v) is 7.28. The molecule has 1 aromatic carbocycles. The minimum atomic E-state index is -0.635. The summed E-state index contributed by atoms with van der Waals surface area (Å²) in [6, 6.07) is 8.95. The second-order valence-corrected chi connectivity index (χ2v) is 6.40. The van der Waals surface area contributed by atoms with Crippen molar-refractivity contribution in [3.8, 4) is 6.07 Å². The topological polar surface area (TPSA) is 70.4 Å². The van der Waals surface area contributed by atoms with Gasteiger partial charge in [0.2, 0.25) is 0 Å². The first kappa shape index (κ1) is 16.0. The maximum absolute atomic E-state index is 12.4. The van der Waals surface area contributed by atoms with Gasteiger partial charge in [-0.05, 0) is 31.9 Å². The number of ether oxygens (including phenoxy) is 1. The molecule has 2 rings (SSSR count). The summed E-state index contributed by atoms with van der Waals surface area (Å²) >= 11 is 0. The van der Waals surface area contributed by atoms with E-state index in [9.17, 15) is 9.59 Å². The molecule has 0 radical (unpaired) electrons. The molecule has 0 aliphatic carbocycles. The quantitative estimate of drug-likeness (QED) is 0.842. The smallest absolute Gasteiger partial charge is 0.411 e. The second kappa shape index (κ2) is 6.18. The van der Waals surface area contributed by atoms with Crippen LogP contribution in [0, 0.1) is 11.3 Å². The van der Waals surface area contributed by atoms with Crippen molar-refractivity contribution in [3.05, 3.63) is 35.4 Å². The minimum Gasteiger partial charge on any atom is -0.444 e. The number of rotatable bonds is 2. The molecule has 22 heavy (non-hydrogen) atoms. The number of hydrogen-bond acceptors (Lipinski definition) is 4. The second-order valence-electron chi connectivity index (χ2n) is 6.40. The Labute approximate surface area is 130 Å². The van der Waals surface area contributed by atoms with Gasteiger partial charge in [0.05, 0.1) is 25.1 Å². The van der Waals surface area contributed by atoms with Crippen LogP contribution in [0.25, 0.3) is 0 Å². The molecule has 1 aromatic rings. The molecule has 5 nitrogen and oxygen atoms in total. The predicted molar refractivity (Wildman–Crippen MR) is 80.9 cm³/mol. The van der Waals surface area contributed by atoms with Crippen molar-refractivity contribution in [2.24, 2.45) is 0 Å². The number of Topliss-reactive ketones (excluding diaryl/α,β-unsaturated/α-hetero) is 1. The Kier molecular flexibility index (Phi) is 4.51. The first-order valence-electron chi connectivity index (χ1n) is 7.28. The van der Waals surface area contributed by atoms with Crippen LogP contribution in [0.5, 0.6) is 0 Å². The summed E-state index contributed by atoms with van der Waals surface area (Å²) in [6.45, 7) is 5.69. The lowest BCUT2D eigenvalue weighted by Gasteiger charge is -2.36. The third-order valence-corrected chi connectivity index (χ3v) is 3.50. The maximum Gasteiger partial charge on any atom is 0.411 e. The third-order valence-electron chi connectivity index (χ3n) is 3.50. The standard InChI is InChI=1S/C17H20N2O3/c1-17(2,3)22-16(21)19-11-13-7-5-4-6-12(13)10-14(19)15(20)8-9-18/h4-7,14H,8,10-11H2,1-3H3/t14-/m0/s1. The normalized spacial score (nSPS) is 17.4. The highest BCUT2D eigenvalue weighted by Gasteiger charge is 2.36. The molecule has 0 aromatic heterocycles. The zero-order chi connectivity index (χ0) is 16.3. The monoisotopic (exact) mass is 300 g/mol. The van der Waals surface area contributed by atoms with Gasteiger partial charge in [0.15, 0.2) is 5.78 Å². The number of benzene rings is 1. The van der Waals surface area contributed by atoms with Crippen LogP contribution in [0.15, 0.2) is 24.3 Å². The molecule has 1 aliphatic heterocycles. The van der Waals surface area contributed by atoms with E-state index in [1.54, 1.807) is 20.8 Å². The summed E-state index contributed by atoms with van der Waals surface area (Å²) in [4.78, 5) is 26.1. The molecule has 1 heterocycles. The van der Waals surface area contributed by atoms with E-state index >= 15 is 0 Å². The maximum atomic E-state index is 12.4. The molecular weight excluding hydrogens is 280 g/mol. The molecule has 1 aliphatic rings. The fourth-order valence-electron chi connectivity index (χ4n) is 2.52. The number of fused-ring (bicyclic) bond motifs is 1. The van der Waals surface area contributed by atoms with Gasteiger partial charge in [-0.25, -0.2) is 4.79 Å². The fourth-order valence-corrected chi connectivity index (χ4v) is 2.52. The van der Waals surface area contributed by atoms with E-state index in [2.05, 4.69) is 0 Å². The third kappa shape index (κ3) is 3.64. The Bertz CT molecular complexity index is 626. The van der Waals surface area contributed by atoms with Gasteiger partial charge in [-0.3, -0.25) is 9.69 Å². The van der Waals surface area contributed by atoms with Gasteiger partial charge in [0, 0.05) is 6.42 Å². The average Bonchev–Trinajstić information content (AvgIpc) is 2.44. The van der Waals surface area contributed by atoms with Crippen LogP contribution in [0.2, 0.25) is 0 Å². The summed E-state index contributed by atoms with van der Waals surface area (Å²) in [5.74, 6) is -0.247. The van der Waals surface area contributed by atoms with Crippen LogP contribution < -0.4 is 0 Å². The highest BCUT2D eigenvalue weighted by molar-refractivity contribution is 5.89. The lowest BCUT2D eigenvalue weighted by Crippen LogP contribution is -2.50. The van der Waals surface area contributed by atoms with Gasteiger partial charge in [-0.2, -0.15) is 5.26 Å². The molecule has 116 valence electrons. The van der Waals surface area contributed by atoms with Crippen LogP contribution >= 0.6 is 0 Å². The highest BCUT2D eigenvalue weighted by atomic mass is 16.6. The Balaban J connectivity index is 2.29. The molecule has 5 heteroatoms. The lowest BCUT2D eigenvalue weighted by molar-refractivity contribution is -0.123. The summed E-state index contributed by atoms with van der Waals surface area (Å²) in [5.41, 5.74) is 1.42. The summed E-state index contributed by atoms with van der Waals surface area (Å²) in [5, 5.41) is 8.77. The van der Waals surface area contributed by atoms with E-state index in [0.717, 1.165) is 11.1 Å². The summed E-state index contributed by atoms with van der Waals surface area (Å²) in [7, 11) is 0. The molecule has 0 saturated carbocycles. The zero-order valence-corrected chi connectivity index (χ0v) is 13.1. The van der Waals surface area contributed by atoms with Gasteiger partial charge < -0.3 is 4.74 Å². The van der Waals surface area contributed by atoms with E-state index in [4.69, 9.17) is 10.00 Å². The minimum absolute atomic E-state index is 0.202. The average molecular weight is 300 g/mol. The molecule has 0 bridgehead atoms.